The Kier molecular flexibility index (Phi) is 4.86. The van der Waals surface area contributed by atoms with Gasteiger partial charge in [-0.15, -0.1) is 0 Å². The van der Waals surface area contributed by atoms with Gasteiger partial charge >= 0.3 is 5.97 Å². The first-order valence-corrected chi connectivity index (χ1v) is 9.26. The monoisotopic (exact) mass is 350 g/mol. The van der Waals surface area contributed by atoms with Crippen LogP contribution >= 0.6 is 0 Å². The molecule has 3 N–H and O–H groups in total. The molecule has 0 radical (unpaired) electrons. The summed E-state index contributed by atoms with van der Waals surface area (Å²) < 4.78 is 4.90. The number of esters is 1. The van der Waals surface area contributed by atoms with Gasteiger partial charge in [-0.3, -0.25) is 0 Å². The largest absolute Gasteiger partial charge is 0.459 e. The van der Waals surface area contributed by atoms with Crippen LogP contribution in [0.1, 0.15) is 46.0 Å². The summed E-state index contributed by atoms with van der Waals surface area (Å²) in [7, 11) is 0. The van der Waals surface area contributed by atoms with Crippen molar-refractivity contribution in [2.75, 3.05) is 13.2 Å². The zero-order valence-electron chi connectivity index (χ0n) is 15.2. The van der Waals surface area contributed by atoms with E-state index in [2.05, 4.69) is 13.5 Å². The quantitative estimate of drug-likeness (QED) is 0.411. The topological polar surface area (TPSA) is 87.0 Å². The van der Waals surface area contributed by atoms with Gasteiger partial charge in [0, 0.05) is 5.41 Å². The highest BCUT2D eigenvalue weighted by atomic mass is 16.6. The molecule has 3 unspecified atom stereocenters. The molecular weight excluding hydrogens is 320 g/mol. The summed E-state index contributed by atoms with van der Waals surface area (Å²) in [5.74, 6) is -0.0734. The van der Waals surface area contributed by atoms with Gasteiger partial charge < -0.3 is 20.1 Å². The van der Waals surface area contributed by atoms with E-state index in [9.17, 15) is 20.1 Å². The van der Waals surface area contributed by atoms with Crippen molar-refractivity contribution in [2.45, 2.75) is 58.2 Å². The lowest BCUT2D eigenvalue weighted by Gasteiger charge is -2.59. The first kappa shape index (κ1) is 18.6. The average Bonchev–Trinajstić information content (AvgIpc) is 2.89. The summed E-state index contributed by atoms with van der Waals surface area (Å²) in [6, 6.07) is 0. The van der Waals surface area contributed by atoms with Gasteiger partial charge in [-0.2, -0.15) is 0 Å². The van der Waals surface area contributed by atoms with Crippen LogP contribution in [0.2, 0.25) is 0 Å². The molecule has 140 valence electrons. The van der Waals surface area contributed by atoms with Crippen LogP contribution in [0, 0.1) is 22.7 Å². The summed E-state index contributed by atoms with van der Waals surface area (Å²) in [5.41, 5.74) is 0.911. The van der Waals surface area contributed by atoms with E-state index >= 15 is 0 Å². The third kappa shape index (κ3) is 2.86. The van der Waals surface area contributed by atoms with Gasteiger partial charge in [-0.05, 0) is 49.4 Å². The predicted molar refractivity (Wildman–Crippen MR) is 93.6 cm³/mol. The molecule has 0 spiro atoms. The fourth-order valence-corrected chi connectivity index (χ4v) is 5.56. The number of cyclic esters (lactones) is 1. The van der Waals surface area contributed by atoms with Crippen LogP contribution in [0.15, 0.2) is 23.8 Å². The molecule has 0 aromatic heterocycles. The number of ether oxygens (including phenoxy) is 1. The number of fused-ring (bicyclic) bond motifs is 1. The highest BCUT2D eigenvalue weighted by molar-refractivity contribution is 5.91. The van der Waals surface area contributed by atoms with Gasteiger partial charge in [-0.1, -0.05) is 32.1 Å². The molecule has 25 heavy (non-hydrogen) atoms. The van der Waals surface area contributed by atoms with E-state index in [0.717, 1.165) is 24.8 Å². The zero-order chi connectivity index (χ0) is 18.4. The van der Waals surface area contributed by atoms with Crippen molar-refractivity contribution in [2.24, 2.45) is 22.7 Å². The Bertz CT molecular complexity index is 597. The van der Waals surface area contributed by atoms with E-state index in [1.54, 1.807) is 0 Å². The van der Waals surface area contributed by atoms with Crippen molar-refractivity contribution < 1.29 is 24.9 Å². The fraction of sp³-hybridized carbons (Fsp3) is 0.750. The number of hydrogen-bond donors (Lipinski definition) is 3. The molecule has 5 heteroatoms. The van der Waals surface area contributed by atoms with E-state index in [1.165, 1.54) is 0 Å². The minimum Gasteiger partial charge on any atom is -0.459 e. The van der Waals surface area contributed by atoms with E-state index in [0.29, 0.717) is 18.4 Å². The molecule has 2 aliphatic carbocycles. The van der Waals surface area contributed by atoms with Gasteiger partial charge in [-0.25, -0.2) is 4.79 Å². The maximum Gasteiger partial charge on any atom is 0.336 e. The molecular formula is C20H30O5. The predicted octanol–water partition coefficient (Wildman–Crippen LogP) is 1.96. The van der Waals surface area contributed by atoms with Gasteiger partial charge in [0.15, 0.2) is 0 Å². The Hall–Kier alpha value is -1.17. The number of carbonyl (C=O) groups is 1. The number of rotatable bonds is 3. The van der Waals surface area contributed by atoms with E-state index < -0.39 is 23.6 Å². The van der Waals surface area contributed by atoms with Gasteiger partial charge in [0.25, 0.3) is 0 Å². The van der Waals surface area contributed by atoms with Gasteiger partial charge in [0.2, 0.25) is 0 Å². The van der Waals surface area contributed by atoms with E-state index in [4.69, 9.17) is 4.74 Å². The van der Waals surface area contributed by atoms with Crippen LogP contribution in [-0.4, -0.2) is 46.7 Å². The van der Waals surface area contributed by atoms with Crippen LogP contribution in [0.25, 0.3) is 0 Å². The SMILES string of the molecule is C=C1CCC2[C@](C)(CC[C@@H](O)[C@@]2(C)CO)C1CC=C1C(=O)OCC1O. The lowest BCUT2D eigenvalue weighted by atomic mass is 9.46. The maximum atomic E-state index is 11.8. The minimum absolute atomic E-state index is 0.0280. The van der Waals surface area contributed by atoms with E-state index in [1.807, 2.05) is 13.0 Å². The number of carbonyl (C=O) groups excluding carboxylic acids is 1. The van der Waals surface area contributed by atoms with E-state index in [-0.39, 0.29) is 30.5 Å². The smallest absolute Gasteiger partial charge is 0.336 e. The molecule has 0 bridgehead atoms. The second-order valence-corrected chi connectivity index (χ2v) is 8.54. The molecule has 3 rings (SSSR count). The molecule has 6 atom stereocenters. The molecule has 5 nitrogen and oxygen atoms in total. The summed E-state index contributed by atoms with van der Waals surface area (Å²) in [5, 5.41) is 30.4. The Morgan fingerprint density at radius 1 is 1.32 bits per heavy atom. The first-order valence-electron chi connectivity index (χ1n) is 9.26. The third-order valence-corrected chi connectivity index (χ3v) is 7.23. The molecule has 1 saturated heterocycles. The van der Waals surface area contributed by atoms with Crippen molar-refractivity contribution in [3.8, 4) is 0 Å². The number of allylic oxidation sites excluding steroid dienone is 2. The summed E-state index contributed by atoms with van der Waals surface area (Å²) in [4.78, 5) is 11.8. The highest BCUT2D eigenvalue weighted by Crippen LogP contribution is 2.61. The number of hydrogen-bond acceptors (Lipinski definition) is 5. The lowest BCUT2D eigenvalue weighted by Crippen LogP contribution is -2.57. The molecule has 1 heterocycles. The Morgan fingerprint density at radius 2 is 2.04 bits per heavy atom. The fourth-order valence-electron chi connectivity index (χ4n) is 5.56. The van der Waals surface area contributed by atoms with Crippen molar-refractivity contribution in [3.63, 3.8) is 0 Å². The zero-order valence-corrected chi connectivity index (χ0v) is 15.2. The van der Waals surface area contributed by atoms with Crippen LogP contribution in [-0.2, 0) is 9.53 Å². The summed E-state index contributed by atoms with van der Waals surface area (Å²) in [6.07, 6.45) is 4.42. The molecule has 2 saturated carbocycles. The van der Waals surface area contributed by atoms with Crippen molar-refractivity contribution in [3.05, 3.63) is 23.8 Å². The number of aliphatic hydroxyl groups excluding tert-OH is 3. The normalized spacial score (nSPS) is 46.2. The average molecular weight is 350 g/mol. The third-order valence-electron chi connectivity index (χ3n) is 7.23. The maximum absolute atomic E-state index is 11.8. The second kappa shape index (κ2) is 6.53. The molecule has 3 fully saturated rings. The highest BCUT2D eigenvalue weighted by Gasteiger charge is 2.57. The Balaban J connectivity index is 1.89. The Morgan fingerprint density at radius 3 is 2.64 bits per heavy atom. The van der Waals surface area contributed by atoms with Gasteiger partial charge in [0.1, 0.15) is 12.7 Å². The van der Waals surface area contributed by atoms with Crippen LogP contribution in [0.5, 0.6) is 0 Å². The standard InChI is InChI=1S/C20H30O5/c1-12-4-7-16-19(2,9-8-17(23)20(16,3)11-21)14(12)6-5-13-15(22)10-25-18(13)24/h5,14-17,21-23H,1,4,6-11H2,2-3H3/t14?,15?,16?,17-,19-,20+/m1/s1. The first-order chi connectivity index (χ1) is 11.7. The molecule has 3 aliphatic rings. The molecule has 1 aliphatic heterocycles. The van der Waals surface area contributed by atoms with Crippen molar-refractivity contribution in [1.82, 2.24) is 0 Å². The number of aliphatic hydroxyl groups is 3. The Labute approximate surface area is 149 Å². The van der Waals surface area contributed by atoms with Crippen LogP contribution in [0.4, 0.5) is 0 Å². The summed E-state index contributed by atoms with van der Waals surface area (Å²) in [6.45, 7) is 8.50. The molecule has 0 amide bonds. The van der Waals surface area contributed by atoms with Crippen molar-refractivity contribution in [1.29, 1.82) is 0 Å². The van der Waals surface area contributed by atoms with Crippen LogP contribution in [0.3, 0.4) is 0 Å². The molecule has 0 aromatic carbocycles. The minimum atomic E-state index is -0.844. The summed E-state index contributed by atoms with van der Waals surface area (Å²) >= 11 is 0. The van der Waals surface area contributed by atoms with Gasteiger partial charge in [0.05, 0.1) is 18.3 Å². The second-order valence-electron chi connectivity index (χ2n) is 8.54. The lowest BCUT2D eigenvalue weighted by molar-refractivity contribution is -0.151. The van der Waals surface area contributed by atoms with Crippen LogP contribution < -0.4 is 0 Å². The van der Waals surface area contributed by atoms with Crippen molar-refractivity contribution >= 4 is 5.97 Å². The molecule has 0 aromatic rings.